The van der Waals surface area contributed by atoms with Crippen LogP contribution in [0, 0.1) is 5.92 Å². The fraction of sp³-hybridized carbons (Fsp3) is 0.625. The number of hydrogen-bond acceptors (Lipinski definition) is 1. The van der Waals surface area contributed by atoms with Crippen molar-refractivity contribution in [3.63, 3.8) is 0 Å². The summed E-state index contributed by atoms with van der Waals surface area (Å²) in [6, 6.07) is 0. The van der Waals surface area contributed by atoms with Crippen molar-refractivity contribution >= 4 is 6.21 Å². The summed E-state index contributed by atoms with van der Waals surface area (Å²) in [5.74, 6) is 0.662. The lowest BCUT2D eigenvalue weighted by Crippen LogP contribution is -2.08. The van der Waals surface area contributed by atoms with Crippen LogP contribution in [0.3, 0.4) is 0 Å². The number of hydrogen-bond donors (Lipinski definition) is 0. The van der Waals surface area contributed by atoms with Crippen LogP contribution < -0.4 is 0 Å². The molecule has 0 aromatic carbocycles. The molecule has 0 spiro atoms. The second-order valence-electron chi connectivity index (χ2n) is 2.76. The van der Waals surface area contributed by atoms with Crippen molar-refractivity contribution in [3.8, 4) is 0 Å². The van der Waals surface area contributed by atoms with Crippen LogP contribution in [0.5, 0.6) is 0 Å². The van der Waals surface area contributed by atoms with E-state index >= 15 is 0 Å². The number of nitrogens with zero attached hydrogens (tertiary/aromatic N) is 1. The number of rotatable bonds is 0. The molecule has 1 heteroatoms. The monoisotopic (exact) mass is 123 g/mol. The van der Waals surface area contributed by atoms with Gasteiger partial charge >= 0.3 is 0 Å². The van der Waals surface area contributed by atoms with Gasteiger partial charge in [-0.2, -0.15) is 0 Å². The molecule has 50 valence electrons. The lowest BCUT2D eigenvalue weighted by molar-refractivity contribution is 0.682. The first kappa shape index (κ1) is 6.53. The fourth-order valence-electron chi connectivity index (χ4n) is 0.975. The zero-order valence-electron chi connectivity index (χ0n) is 6.31. The van der Waals surface area contributed by atoms with Gasteiger partial charge in [-0.3, -0.25) is 4.99 Å². The molecule has 1 atom stereocenters. The van der Waals surface area contributed by atoms with E-state index in [9.17, 15) is 0 Å². The highest BCUT2D eigenvalue weighted by Gasteiger charge is 2.08. The molecule has 0 saturated heterocycles. The van der Waals surface area contributed by atoms with Crippen molar-refractivity contribution in [2.75, 3.05) is 6.54 Å². The molecular weight excluding hydrogens is 110 g/mol. The third-order valence-electron chi connectivity index (χ3n) is 2.03. The standard InChI is InChI=1S/C8H13N/c1-6-4-9-5-7(2)8(6)3/h4,7H,5H2,1-3H3. The maximum Gasteiger partial charge on any atom is 0.0452 e. The van der Waals surface area contributed by atoms with Gasteiger partial charge in [0.05, 0.1) is 0 Å². The van der Waals surface area contributed by atoms with E-state index in [1.54, 1.807) is 0 Å². The molecular formula is C8H13N. The van der Waals surface area contributed by atoms with Crippen LogP contribution in [-0.2, 0) is 0 Å². The lowest BCUT2D eigenvalue weighted by Gasteiger charge is -2.15. The highest BCUT2D eigenvalue weighted by molar-refractivity contribution is 5.79. The van der Waals surface area contributed by atoms with Gasteiger partial charge in [-0.25, -0.2) is 0 Å². The number of dihydropyridines is 1. The summed E-state index contributed by atoms with van der Waals surface area (Å²) >= 11 is 0. The summed E-state index contributed by atoms with van der Waals surface area (Å²) in [7, 11) is 0. The van der Waals surface area contributed by atoms with Gasteiger partial charge in [-0.1, -0.05) is 12.5 Å². The van der Waals surface area contributed by atoms with Crippen LogP contribution >= 0.6 is 0 Å². The molecule has 1 aliphatic rings. The van der Waals surface area contributed by atoms with E-state index in [2.05, 4.69) is 25.8 Å². The molecule has 1 nitrogen and oxygen atoms in total. The van der Waals surface area contributed by atoms with E-state index in [1.807, 2.05) is 6.21 Å². The van der Waals surface area contributed by atoms with E-state index in [0.717, 1.165) is 6.54 Å². The quantitative estimate of drug-likeness (QED) is 0.467. The van der Waals surface area contributed by atoms with E-state index in [4.69, 9.17) is 0 Å². The molecule has 0 aromatic rings. The SMILES string of the molecule is CC1=C(C)C(C)CN=C1. The minimum absolute atomic E-state index is 0.662. The zero-order valence-corrected chi connectivity index (χ0v) is 6.31. The van der Waals surface area contributed by atoms with E-state index in [-0.39, 0.29) is 0 Å². The van der Waals surface area contributed by atoms with E-state index < -0.39 is 0 Å². The summed E-state index contributed by atoms with van der Waals surface area (Å²) < 4.78 is 0. The molecule has 0 aliphatic carbocycles. The van der Waals surface area contributed by atoms with Gasteiger partial charge in [0, 0.05) is 12.8 Å². The second kappa shape index (κ2) is 2.34. The van der Waals surface area contributed by atoms with Crippen molar-refractivity contribution in [2.24, 2.45) is 10.9 Å². The molecule has 1 rings (SSSR count). The van der Waals surface area contributed by atoms with Crippen LogP contribution in [-0.4, -0.2) is 12.8 Å². The van der Waals surface area contributed by atoms with Crippen LogP contribution in [0.2, 0.25) is 0 Å². The second-order valence-corrected chi connectivity index (χ2v) is 2.76. The smallest absolute Gasteiger partial charge is 0.0452 e. The van der Waals surface area contributed by atoms with E-state index in [1.165, 1.54) is 11.1 Å². The summed E-state index contributed by atoms with van der Waals surface area (Å²) in [6.07, 6.45) is 1.97. The Kier molecular flexibility index (Phi) is 1.70. The van der Waals surface area contributed by atoms with Crippen LogP contribution in [0.4, 0.5) is 0 Å². The molecule has 0 radical (unpaired) electrons. The molecule has 1 heterocycles. The number of aliphatic imine (C=N–C) groups is 1. The fourth-order valence-corrected chi connectivity index (χ4v) is 0.975. The average molecular weight is 123 g/mol. The Hall–Kier alpha value is -0.590. The largest absolute Gasteiger partial charge is 0.292 e. The Labute approximate surface area is 56.5 Å². The minimum Gasteiger partial charge on any atom is -0.292 e. The molecule has 0 N–H and O–H groups in total. The Morgan fingerprint density at radius 1 is 1.56 bits per heavy atom. The molecule has 0 saturated carbocycles. The molecule has 0 bridgehead atoms. The van der Waals surface area contributed by atoms with Crippen LogP contribution in [0.25, 0.3) is 0 Å². The topological polar surface area (TPSA) is 12.4 Å². The van der Waals surface area contributed by atoms with Gasteiger partial charge in [0.15, 0.2) is 0 Å². The summed E-state index contributed by atoms with van der Waals surface area (Å²) in [5.41, 5.74) is 2.83. The van der Waals surface area contributed by atoms with Crippen molar-refractivity contribution < 1.29 is 0 Å². The Morgan fingerprint density at radius 3 is 2.67 bits per heavy atom. The van der Waals surface area contributed by atoms with E-state index in [0.29, 0.717) is 5.92 Å². The van der Waals surface area contributed by atoms with Gasteiger partial charge < -0.3 is 0 Å². The molecule has 0 fully saturated rings. The molecule has 0 amide bonds. The molecule has 1 aliphatic heterocycles. The van der Waals surface area contributed by atoms with Crippen LogP contribution in [0.15, 0.2) is 16.1 Å². The first-order chi connectivity index (χ1) is 4.22. The van der Waals surface area contributed by atoms with Gasteiger partial charge in [-0.05, 0) is 25.3 Å². The van der Waals surface area contributed by atoms with Gasteiger partial charge in [-0.15, -0.1) is 0 Å². The summed E-state index contributed by atoms with van der Waals surface area (Å²) in [4.78, 5) is 4.21. The van der Waals surface area contributed by atoms with Gasteiger partial charge in [0.25, 0.3) is 0 Å². The normalized spacial score (nSPS) is 27.2. The first-order valence-corrected chi connectivity index (χ1v) is 3.39. The maximum absolute atomic E-state index is 4.21. The molecule has 1 unspecified atom stereocenters. The third kappa shape index (κ3) is 1.21. The lowest BCUT2D eigenvalue weighted by atomic mass is 9.96. The molecule has 9 heavy (non-hydrogen) atoms. The predicted octanol–water partition coefficient (Wildman–Crippen LogP) is 2.04. The van der Waals surface area contributed by atoms with Crippen molar-refractivity contribution in [1.29, 1.82) is 0 Å². The van der Waals surface area contributed by atoms with Crippen molar-refractivity contribution in [3.05, 3.63) is 11.1 Å². The van der Waals surface area contributed by atoms with Crippen LogP contribution in [0.1, 0.15) is 20.8 Å². The number of allylic oxidation sites excluding steroid dienone is 1. The summed E-state index contributed by atoms with van der Waals surface area (Å²) in [5, 5.41) is 0. The first-order valence-electron chi connectivity index (χ1n) is 3.39. The highest BCUT2D eigenvalue weighted by Crippen LogP contribution is 2.16. The average Bonchev–Trinajstić information content (AvgIpc) is 1.83. The van der Waals surface area contributed by atoms with Gasteiger partial charge in [0.1, 0.15) is 0 Å². The maximum atomic E-state index is 4.21. The summed E-state index contributed by atoms with van der Waals surface area (Å²) in [6.45, 7) is 7.50. The van der Waals surface area contributed by atoms with Crippen molar-refractivity contribution in [1.82, 2.24) is 0 Å². The zero-order chi connectivity index (χ0) is 6.85. The highest BCUT2D eigenvalue weighted by atomic mass is 14.7. The predicted molar refractivity (Wildman–Crippen MR) is 40.9 cm³/mol. The van der Waals surface area contributed by atoms with Crippen molar-refractivity contribution in [2.45, 2.75) is 20.8 Å². The Balaban J connectivity index is 2.83. The van der Waals surface area contributed by atoms with Gasteiger partial charge in [0.2, 0.25) is 0 Å². The molecule has 0 aromatic heterocycles. The Morgan fingerprint density at radius 2 is 2.22 bits per heavy atom. The Bertz CT molecular complexity index is 165. The third-order valence-corrected chi connectivity index (χ3v) is 2.03. The minimum atomic E-state index is 0.662.